The van der Waals surface area contributed by atoms with Gasteiger partial charge in [0.15, 0.2) is 11.4 Å². The number of nitrogens with zero attached hydrogens (tertiary/aromatic N) is 3. The van der Waals surface area contributed by atoms with Crippen LogP contribution >= 0.6 is 0 Å². The molecule has 0 fully saturated rings. The van der Waals surface area contributed by atoms with E-state index in [-0.39, 0.29) is 0 Å². The van der Waals surface area contributed by atoms with Crippen LogP contribution in [0.3, 0.4) is 0 Å². The number of fused-ring (bicyclic) bond motifs is 6. The van der Waals surface area contributed by atoms with Gasteiger partial charge in [-0.2, -0.15) is 0 Å². The second-order valence-electron chi connectivity index (χ2n) is 12.6. The predicted octanol–water partition coefficient (Wildman–Crippen LogP) is 12.1. The van der Waals surface area contributed by atoms with Crippen LogP contribution in [0.25, 0.3) is 94.5 Å². The molecule has 10 rings (SSSR count). The second-order valence-corrected chi connectivity index (χ2v) is 12.6. The highest BCUT2D eigenvalue weighted by molar-refractivity contribution is 6.15. The summed E-state index contributed by atoms with van der Waals surface area (Å²) in [5, 5.41) is 3.47. The van der Waals surface area contributed by atoms with Crippen molar-refractivity contribution in [3.8, 4) is 50.6 Å². The molecule has 234 valence electrons. The van der Waals surface area contributed by atoms with Crippen molar-refractivity contribution in [3.05, 3.63) is 176 Å². The molecule has 0 aliphatic carbocycles. The lowest BCUT2D eigenvalue weighted by Crippen LogP contribution is -1.95. The van der Waals surface area contributed by atoms with Crippen LogP contribution in [0.5, 0.6) is 0 Å². The van der Waals surface area contributed by atoms with Gasteiger partial charge in [0.2, 0.25) is 0 Å². The standard InChI is InChI=1S/C46H29N3O/c1-4-14-32(15-5-1)42-45-43(48-46(47-42)33-16-6-2-7-17-33)41-35(21-13-25-40(41)50-45)30-26-28-31(29-27-30)36-22-12-23-38-37-20-10-11-24-39(37)49(44(36)38)34-18-8-3-9-19-34/h1-29H. The molecule has 3 heterocycles. The molecule has 0 N–H and O–H groups in total. The Labute approximate surface area is 288 Å². The second kappa shape index (κ2) is 11.4. The molecule has 0 radical (unpaired) electrons. The van der Waals surface area contributed by atoms with Gasteiger partial charge in [0.1, 0.15) is 16.8 Å². The molecule has 0 atom stereocenters. The molecule has 0 unspecified atom stereocenters. The van der Waals surface area contributed by atoms with E-state index in [1.165, 1.54) is 27.4 Å². The van der Waals surface area contributed by atoms with Crippen molar-refractivity contribution in [2.24, 2.45) is 0 Å². The van der Waals surface area contributed by atoms with Crippen LogP contribution in [0, 0.1) is 0 Å². The molecule has 3 aromatic heterocycles. The van der Waals surface area contributed by atoms with Gasteiger partial charge in [-0.1, -0.05) is 152 Å². The van der Waals surface area contributed by atoms with Crippen LogP contribution in [-0.4, -0.2) is 14.5 Å². The molecule has 4 heteroatoms. The maximum absolute atomic E-state index is 6.59. The molecule has 10 aromatic rings. The van der Waals surface area contributed by atoms with Crippen molar-refractivity contribution in [3.63, 3.8) is 0 Å². The van der Waals surface area contributed by atoms with Gasteiger partial charge in [-0.3, -0.25) is 0 Å². The van der Waals surface area contributed by atoms with E-state index < -0.39 is 0 Å². The van der Waals surface area contributed by atoms with Gasteiger partial charge in [-0.15, -0.1) is 0 Å². The molecular weight excluding hydrogens is 611 g/mol. The van der Waals surface area contributed by atoms with Crippen molar-refractivity contribution in [1.82, 2.24) is 14.5 Å². The Kier molecular flexibility index (Phi) is 6.46. The monoisotopic (exact) mass is 639 g/mol. The van der Waals surface area contributed by atoms with Crippen LogP contribution in [-0.2, 0) is 0 Å². The van der Waals surface area contributed by atoms with Crippen LogP contribution in [0.1, 0.15) is 0 Å². The zero-order chi connectivity index (χ0) is 33.0. The molecule has 4 nitrogen and oxygen atoms in total. The predicted molar refractivity (Wildman–Crippen MR) is 205 cm³/mol. The smallest absolute Gasteiger partial charge is 0.180 e. The summed E-state index contributed by atoms with van der Waals surface area (Å²) < 4.78 is 8.98. The normalized spacial score (nSPS) is 11.6. The molecule has 7 aromatic carbocycles. The summed E-state index contributed by atoms with van der Waals surface area (Å²) in [6, 6.07) is 61.4. The van der Waals surface area contributed by atoms with Crippen molar-refractivity contribution in [2.45, 2.75) is 0 Å². The molecule has 0 aliphatic heterocycles. The highest BCUT2D eigenvalue weighted by atomic mass is 16.3. The molecule has 0 bridgehead atoms. The van der Waals surface area contributed by atoms with E-state index in [9.17, 15) is 0 Å². The number of benzene rings is 7. The van der Waals surface area contributed by atoms with E-state index in [0.29, 0.717) is 11.4 Å². The largest absolute Gasteiger partial charge is 0.452 e. The van der Waals surface area contributed by atoms with E-state index >= 15 is 0 Å². The third-order valence-corrected chi connectivity index (χ3v) is 9.64. The fourth-order valence-corrected chi connectivity index (χ4v) is 7.36. The fourth-order valence-electron chi connectivity index (χ4n) is 7.36. The molecule has 0 amide bonds. The van der Waals surface area contributed by atoms with Crippen molar-refractivity contribution in [1.29, 1.82) is 0 Å². The van der Waals surface area contributed by atoms with Gasteiger partial charge < -0.3 is 8.98 Å². The van der Waals surface area contributed by atoms with Crippen molar-refractivity contribution >= 4 is 43.9 Å². The summed E-state index contributed by atoms with van der Waals surface area (Å²) in [4.78, 5) is 10.2. The van der Waals surface area contributed by atoms with E-state index in [2.05, 4.69) is 138 Å². The summed E-state index contributed by atoms with van der Waals surface area (Å²) in [6.45, 7) is 0. The number of hydrogen-bond donors (Lipinski definition) is 0. The highest BCUT2D eigenvalue weighted by Crippen LogP contribution is 2.42. The Balaban J connectivity index is 1.16. The summed E-state index contributed by atoms with van der Waals surface area (Å²) in [5.41, 5.74) is 13.1. The zero-order valence-corrected chi connectivity index (χ0v) is 27.0. The van der Waals surface area contributed by atoms with Crippen molar-refractivity contribution in [2.75, 3.05) is 0 Å². The van der Waals surface area contributed by atoms with E-state index in [0.717, 1.165) is 55.7 Å². The average molecular weight is 640 g/mol. The summed E-state index contributed by atoms with van der Waals surface area (Å²) in [6.07, 6.45) is 0. The number of para-hydroxylation sites is 3. The topological polar surface area (TPSA) is 43.9 Å². The number of rotatable bonds is 5. The van der Waals surface area contributed by atoms with E-state index in [1.807, 2.05) is 42.5 Å². The lowest BCUT2D eigenvalue weighted by atomic mass is 9.96. The van der Waals surface area contributed by atoms with Crippen LogP contribution in [0.15, 0.2) is 180 Å². The summed E-state index contributed by atoms with van der Waals surface area (Å²) in [7, 11) is 0. The van der Waals surface area contributed by atoms with E-state index in [4.69, 9.17) is 14.4 Å². The molecule has 0 saturated heterocycles. The number of aromatic nitrogens is 3. The SMILES string of the molecule is c1ccc(-c2nc(-c3ccccc3)c3oc4cccc(-c5ccc(-c6cccc7c8ccccc8n(-c8ccccc8)c67)cc5)c4c3n2)cc1. The first-order valence-electron chi connectivity index (χ1n) is 16.8. The van der Waals surface area contributed by atoms with Gasteiger partial charge in [-0.05, 0) is 41.0 Å². The first-order valence-corrected chi connectivity index (χ1v) is 16.8. The fraction of sp³-hybridized carbons (Fsp3) is 0. The van der Waals surface area contributed by atoms with E-state index in [1.54, 1.807) is 0 Å². The molecule has 0 spiro atoms. The third-order valence-electron chi connectivity index (χ3n) is 9.64. The maximum atomic E-state index is 6.59. The maximum Gasteiger partial charge on any atom is 0.180 e. The minimum atomic E-state index is 0.673. The minimum Gasteiger partial charge on any atom is -0.452 e. The lowest BCUT2D eigenvalue weighted by molar-refractivity contribution is 0.667. The van der Waals surface area contributed by atoms with Gasteiger partial charge in [0.25, 0.3) is 0 Å². The summed E-state index contributed by atoms with van der Waals surface area (Å²) >= 11 is 0. The highest BCUT2D eigenvalue weighted by Gasteiger charge is 2.21. The number of furan rings is 1. The van der Waals surface area contributed by atoms with Gasteiger partial charge >= 0.3 is 0 Å². The number of hydrogen-bond acceptors (Lipinski definition) is 3. The lowest BCUT2D eigenvalue weighted by Gasteiger charge is -2.12. The Morgan fingerprint density at radius 3 is 1.80 bits per heavy atom. The van der Waals surface area contributed by atoms with Crippen LogP contribution < -0.4 is 0 Å². The molecular formula is C46H29N3O. The molecule has 0 aliphatic rings. The Hall–Kier alpha value is -6.78. The first kappa shape index (κ1) is 28.3. The molecule has 0 saturated carbocycles. The summed E-state index contributed by atoms with van der Waals surface area (Å²) in [5.74, 6) is 0.673. The Morgan fingerprint density at radius 2 is 1.04 bits per heavy atom. The minimum absolute atomic E-state index is 0.673. The van der Waals surface area contributed by atoms with Crippen molar-refractivity contribution < 1.29 is 4.42 Å². The Morgan fingerprint density at radius 1 is 0.440 bits per heavy atom. The first-order chi connectivity index (χ1) is 24.8. The third kappa shape index (κ3) is 4.46. The van der Waals surface area contributed by atoms with Crippen LogP contribution in [0.2, 0.25) is 0 Å². The zero-order valence-electron chi connectivity index (χ0n) is 27.0. The van der Waals surface area contributed by atoms with Gasteiger partial charge in [-0.25, -0.2) is 9.97 Å². The quantitative estimate of drug-likeness (QED) is 0.188. The average Bonchev–Trinajstić information content (AvgIpc) is 3.75. The van der Waals surface area contributed by atoms with Gasteiger partial charge in [0.05, 0.1) is 16.4 Å². The Bertz CT molecular complexity index is 2840. The van der Waals surface area contributed by atoms with Crippen LogP contribution in [0.4, 0.5) is 0 Å². The molecule has 50 heavy (non-hydrogen) atoms. The van der Waals surface area contributed by atoms with Gasteiger partial charge in [0, 0.05) is 33.2 Å².